The fraction of sp³-hybridized carbons (Fsp3) is 0.588. The molecule has 2 aliphatic rings. The summed E-state index contributed by atoms with van der Waals surface area (Å²) in [5.74, 6) is 0.462. The van der Waals surface area contributed by atoms with Crippen LogP contribution in [0.4, 0.5) is 0 Å². The molecule has 1 saturated carbocycles. The van der Waals surface area contributed by atoms with E-state index >= 15 is 0 Å². The molecule has 1 heterocycles. The topological polar surface area (TPSA) is 70.8 Å². The number of benzene rings is 1. The lowest BCUT2D eigenvalue weighted by molar-refractivity contribution is -0.121. The van der Waals surface area contributed by atoms with Crippen LogP contribution in [0.3, 0.4) is 0 Å². The van der Waals surface area contributed by atoms with Gasteiger partial charge in [-0.1, -0.05) is 0 Å². The van der Waals surface area contributed by atoms with E-state index in [2.05, 4.69) is 15.9 Å². The molecule has 1 aromatic carbocycles. The Kier molecular flexibility index (Phi) is 5.72. The number of hydrogen-bond acceptors (Lipinski definition) is 5. The lowest BCUT2D eigenvalue weighted by Gasteiger charge is -2.36. The molecule has 1 atom stereocenters. The van der Waals surface area contributed by atoms with Crippen LogP contribution in [0.5, 0.6) is 11.5 Å². The summed E-state index contributed by atoms with van der Waals surface area (Å²) in [4.78, 5) is 11.9. The molecule has 7 heteroatoms. The quantitative estimate of drug-likeness (QED) is 0.733. The summed E-state index contributed by atoms with van der Waals surface area (Å²) in [5, 5.41) is 0. The highest BCUT2D eigenvalue weighted by atomic mass is 79.9. The normalized spacial score (nSPS) is 28.2. The smallest absolute Gasteiger partial charge is 0.338 e. The third-order valence-electron chi connectivity index (χ3n) is 4.97. The van der Waals surface area contributed by atoms with Crippen molar-refractivity contribution in [2.75, 3.05) is 7.11 Å². The van der Waals surface area contributed by atoms with Crippen LogP contribution < -0.4 is 15.2 Å². The second-order valence-electron chi connectivity index (χ2n) is 6.51. The number of methoxy groups -OCH3 is 1. The summed E-state index contributed by atoms with van der Waals surface area (Å²) in [6, 6.07) is 2.00. The van der Waals surface area contributed by atoms with Gasteiger partial charge >= 0.3 is 5.97 Å². The van der Waals surface area contributed by atoms with E-state index < -0.39 is 5.79 Å². The van der Waals surface area contributed by atoms with Gasteiger partial charge < -0.3 is 19.9 Å². The molecule has 0 amide bonds. The first kappa shape index (κ1) is 19.3. The molecule has 1 aliphatic heterocycles. The molecule has 5 nitrogen and oxygen atoms in total. The van der Waals surface area contributed by atoms with E-state index in [0.717, 1.165) is 31.2 Å². The maximum atomic E-state index is 11.9. The average molecular weight is 421 g/mol. The minimum atomic E-state index is -0.718. The number of fused-ring (bicyclic) bond motifs is 1. The summed E-state index contributed by atoms with van der Waals surface area (Å²) in [5.41, 5.74) is 7.22. The zero-order valence-electron chi connectivity index (χ0n) is 14.1. The number of rotatable bonds is 2. The van der Waals surface area contributed by atoms with Gasteiger partial charge in [0.2, 0.25) is 0 Å². The number of esters is 1. The minimum absolute atomic E-state index is 0. The van der Waals surface area contributed by atoms with Crippen LogP contribution >= 0.6 is 28.3 Å². The molecule has 134 valence electrons. The number of carbonyl (C=O) groups excluding carboxylic acids is 1. The van der Waals surface area contributed by atoms with Crippen molar-refractivity contribution < 1.29 is 19.0 Å². The Labute approximate surface area is 156 Å². The van der Waals surface area contributed by atoms with Gasteiger partial charge in [-0.25, -0.2) is 4.79 Å². The summed E-state index contributed by atoms with van der Waals surface area (Å²) in [6.45, 7) is 3.82. The standard InChI is InChI=1S/C17H22BrNO4.ClH/c1-9-12(16(20)21-3)8-13(18)15-14(9)22-17(2,23-15)10-4-6-11(19)7-5-10;/h8,10-11H,4-7,19H2,1-3H3;1H/t10-,11-,17?;. The maximum absolute atomic E-state index is 11.9. The van der Waals surface area contributed by atoms with E-state index in [9.17, 15) is 4.79 Å². The van der Waals surface area contributed by atoms with Crippen molar-refractivity contribution in [1.82, 2.24) is 0 Å². The second-order valence-corrected chi connectivity index (χ2v) is 7.37. The van der Waals surface area contributed by atoms with Gasteiger partial charge in [-0.2, -0.15) is 0 Å². The molecule has 2 N–H and O–H groups in total. The number of carbonyl (C=O) groups is 1. The van der Waals surface area contributed by atoms with Crippen LogP contribution in [0.2, 0.25) is 0 Å². The molecular weight excluding hydrogens is 398 g/mol. The van der Waals surface area contributed by atoms with Crippen molar-refractivity contribution in [3.8, 4) is 11.5 Å². The van der Waals surface area contributed by atoms with Crippen LogP contribution in [-0.4, -0.2) is 24.9 Å². The molecule has 1 aromatic rings. The van der Waals surface area contributed by atoms with Crippen LogP contribution in [-0.2, 0) is 4.74 Å². The SMILES string of the molecule is COC(=O)c1cc(Br)c2c(c1C)OC(C)([C@H]1CC[C@H](N)CC1)O2.Cl. The first-order chi connectivity index (χ1) is 10.9. The predicted molar refractivity (Wildman–Crippen MR) is 97.1 cm³/mol. The Morgan fingerprint density at radius 3 is 2.46 bits per heavy atom. The van der Waals surface area contributed by atoms with Crippen molar-refractivity contribution in [2.45, 2.75) is 51.4 Å². The molecule has 0 aromatic heterocycles. The lowest BCUT2D eigenvalue weighted by Crippen LogP contribution is -2.46. The summed E-state index contributed by atoms with van der Waals surface area (Å²) in [7, 11) is 1.37. The molecule has 1 fully saturated rings. The Bertz CT molecular complexity index is 646. The van der Waals surface area contributed by atoms with Crippen LogP contribution in [0.25, 0.3) is 0 Å². The Morgan fingerprint density at radius 2 is 1.88 bits per heavy atom. The van der Waals surface area contributed by atoms with Gasteiger partial charge in [-0.3, -0.25) is 0 Å². The van der Waals surface area contributed by atoms with Crippen LogP contribution in [0.1, 0.15) is 48.5 Å². The van der Waals surface area contributed by atoms with Crippen LogP contribution in [0, 0.1) is 12.8 Å². The number of nitrogens with two attached hydrogens (primary N) is 1. The fourth-order valence-corrected chi connectivity index (χ4v) is 3.97. The highest BCUT2D eigenvalue weighted by Crippen LogP contribution is 2.51. The van der Waals surface area contributed by atoms with Crippen molar-refractivity contribution >= 4 is 34.3 Å². The monoisotopic (exact) mass is 419 g/mol. The van der Waals surface area contributed by atoms with E-state index in [-0.39, 0.29) is 30.3 Å². The van der Waals surface area contributed by atoms with Gasteiger partial charge in [0, 0.05) is 24.4 Å². The van der Waals surface area contributed by atoms with Gasteiger partial charge in [0.15, 0.2) is 11.5 Å². The Balaban J connectivity index is 0.00000208. The molecule has 24 heavy (non-hydrogen) atoms. The van der Waals surface area contributed by atoms with E-state index in [0.29, 0.717) is 21.5 Å². The van der Waals surface area contributed by atoms with E-state index in [1.165, 1.54) is 7.11 Å². The van der Waals surface area contributed by atoms with Gasteiger partial charge in [0.25, 0.3) is 5.79 Å². The summed E-state index contributed by atoms with van der Waals surface area (Å²) < 4.78 is 17.9. The third-order valence-corrected chi connectivity index (χ3v) is 5.56. The predicted octanol–water partition coefficient (Wildman–Crippen LogP) is 3.97. The van der Waals surface area contributed by atoms with E-state index in [1.807, 2.05) is 13.8 Å². The molecule has 0 radical (unpaired) electrons. The van der Waals surface area contributed by atoms with Crippen LogP contribution in [0.15, 0.2) is 10.5 Å². The van der Waals surface area contributed by atoms with Crippen molar-refractivity contribution in [3.05, 3.63) is 21.7 Å². The Morgan fingerprint density at radius 1 is 1.29 bits per heavy atom. The van der Waals surface area contributed by atoms with Crippen molar-refractivity contribution in [2.24, 2.45) is 11.7 Å². The molecule has 0 bridgehead atoms. The summed E-state index contributed by atoms with van der Waals surface area (Å²) in [6.07, 6.45) is 3.92. The number of hydrogen-bond donors (Lipinski definition) is 1. The first-order valence-electron chi connectivity index (χ1n) is 7.90. The highest BCUT2D eigenvalue weighted by Gasteiger charge is 2.47. The van der Waals surface area contributed by atoms with E-state index in [1.54, 1.807) is 6.07 Å². The molecule has 3 rings (SSSR count). The van der Waals surface area contributed by atoms with Gasteiger partial charge in [-0.05, 0) is 54.6 Å². The number of halogens is 2. The maximum Gasteiger partial charge on any atom is 0.338 e. The van der Waals surface area contributed by atoms with Gasteiger partial charge in [-0.15, -0.1) is 12.4 Å². The molecule has 0 spiro atoms. The van der Waals surface area contributed by atoms with Crippen molar-refractivity contribution in [3.63, 3.8) is 0 Å². The largest absolute Gasteiger partial charge is 0.465 e. The lowest BCUT2D eigenvalue weighted by atomic mass is 9.81. The third kappa shape index (κ3) is 3.24. The first-order valence-corrected chi connectivity index (χ1v) is 8.70. The van der Waals surface area contributed by atoms with Crippen molar-refractivity contribution in [1.29, 1.82) is 0 Å². The Hall–Kier alpha value is -0.980. The highest BCUT2D eigenvalue weighted by molar-refractivity contribution is 9.10. The summed E-state index contributed by atoms with van der Waals surface area (Å²) >= 11 is 3.48. The van der Waals surface area contributed by atoms with E-state index in [4.69, 9.17) is 19.9 Å². The molecule has 1 unspecified atom stereocenters. The zero-order valence-corrected chi connectivity index (χ0v) is 16.5. The zero-order chi connectivity index (χ0) is 16.8. The van der Waals surface area contributed by atoms with Gasteiger partial charge in [0.1, 0.15) is 0 Å². The molecule has 0 saturated heterocycles. The average Bonchev–Trinajstić information content (AvgIpc) is 2.90. The number of ether oxygens (including phenoxy) is 3. The molecular formula is C17H23BrClNO4. The fourth-order valence-electron chi connectivity index (χ4n) is 3.48. The van der Waals surface area contributed by atoms with Gasteiger partial charge in [0.05, 0.1) is 17.1 Å². The minimum Gasteiger partial charge on any atom is -0.465 e. The molecule has 1 aliphatic carbocycles. The second kappa shape index (κ2) is 7.10.